The van der Waals surface area contributed by atoms with E-state index >= 15 is 0 Å². The maximum Gasteiger partial charge on any atom is 0.490 e. The highest BCUT2D eigenvalue weighted by atomic mass is 32.2. The molecule has 0 atom stereocenters. The number of aromatic carboxylic acids is 1. The summed E-state index contributed by atoms with van der Waals surface area (Å²) in [5, 5.41) is 16.0. The molecule has 0 aliphatic carbocycles. The maximum absolute atomic E-state index is 11.2. The van der Waals surface area contributed by atoms with Crippen molar-refractivity contribution < 1.29 is 41.4 Å². The fourth-order valence-electron chi connectivity index (χ4n) is 0.997. The van der Waals surface area contributed by atoms with E-state index < -0.39 is 28.1 Å². The lowest BCUT2D eigenvalue weighted by molar-refractivity contribution is -0.192. The Labute approximate surface area is 122 Å². The number of carbonyl (C=O) groups is 2. The Morgan fingerprint density at radius 3 is 2.05 bits per heavy atom. The van der Waals surface area contributed by atoms with E-state index in [4.69, 9.17) is 15.0 Å². The van der Waals surface area contributed by atoms with Crippen molar-refractivity contribution in [3.05, 3.63) is 24.0 Å². The smallest absolute Gasteiger partial charge is 0.478 e. The number of anilines is 1. The lowest BCUT2D eigenvalue weighted by Crippen LogP contribution is -2.26. The van der Waals surface area contributed by atoms with Crippen molar-refractivity contribution in [2.45, 2.75) is 6.18 Å². The molecule has 1 heterocycles. The van der Waals surface area contributed by atoms with Crippen molar-refractivity contribution in [2.24, 2.45) is 0 Å². The average molecular weight is 344 g/mol. The van der Waals surface area contributed by atoms with Crippen molar-refractivity contribution in [2.75, 3.05) is 17.6 Å². The molecule has 2 N–H and O–H groups in total. The summed E-state index contributed by atoms with van der Waals surface area (Å²) in [6.07, 6.45) is -1.60. The van der Waals surface area contributed by atoms with Gasteiger partial charge in [-0.1, -0.05) is 0 Å². The van der Waals surface area contributed by atoms with Gasteiger partial charge in [0, 0.05) is 13.2 Å². The Balaban J connectivity index is 0.000000534. The normalized spacial score (nSPS) is 11.1. The van der Waals surface area contributed by atoms with E-state index in [2.05, 4.69) is 4.98 Å². The van der Waals surface area contributed by atoms with Crippen LogP contribution in [0.1, 0.15) is 10.4 Å². The van der Waals surface area contributed by atoms with Crippen LogP contribution < -0.4 is 4.31 Å². The highest BCUT2D eigenvalue weighted by Gasteiger charge is 2.38. The number of nitrogens with zero attached hydrogens (tertiary/aromatic N) is 2. The van der Waals surface area contributed by atoms with Gasteiger partial charge in [0.15, 0.2) is 0 Å². The van der Waals surface area contributed by atoms with E-state index in [1.54, 1.807) is 0 Å². The number of halogens is 3. The van der Waals surface area contributed by atoms with E-state index in [9.17, 15) is 26.4 Å². The van der Waals surface area contributed by atoms with Crippen molar-refractivity contribution in [1.29, 1.82) is 0 Å². The molecular formula is C10H11F3N2O6S. The topological polar surface area (TPSA) is 125 Å². The van der Waals surface area contributed by atoms with Gasteiger partial charge in [0.05, 0.1) is 23.7 Å². The largest absolute Gasteiger partial charge is 0.490 e. The second-order valence-corrected chi connectivity index (χ2v) is 5.75. The molecule has 0 saturated carbocycles. The summed E-state index contributed by atoms with van der Waals surface area (Å²) in [4.78, 5) is 23.4. The van der Waals surface area contributed by atoms with Crippen LogP contribution in [0.3, 0.4) is 0 Å². The van der Waals surface area contributed by atoms with Crippen LogP contribution in [0.5, 0.6) is 0 Å². The Kier molecular flexibility index (Phi) is 6.30. The average Bonchev–Trinajstić information content (AvgIpc) is 2.36. The molecule has 1 aromatic rings. The van der Waals surface area contributed by atoms with Crippen molar-refractivity contribution in [3.8, 4) is 0 Å². The molecule has 0 aliphatic rings. The molecule has 8 nitrogen and oxygen atoms in total. The summed E-state index contributed by atoms with van der Waals surface area (Å²) in [5.74, 6) is -3.95. The van der Waals surface area contributed by atoms with Crippen LogP contribution in [0.2, 0.25) is 0 Å². The highest BCUT2D eigenvalue weighted by Crippen LogP contribution is 2.19. The number of hydrogen-bond donors (Lipinski definition) is 2. The first kappa shape index (κ1) is 19.6. The minimum absolute atomic E-state index is 0.0486. The van der Waals surface area contributed by atoms with Crippen LogP contribution in [0.25, 0.3) is 0 Å². The van der Waals surface area contributed by atoms with Gasteiger partial charge in [-0.15, -0.1) is 0 Å². The Morgan fingerprint density at radius 2 is 1.73 bits per heavy atom. The first-order chi connectivity index (χ1) is 9.78. The van der Waals surface area contributed by atoms with E-state index in [1.165, 1.54) is 25.5 Å². The molecule has 0 bridgehead atoms. The van der Waals surface area contributed by atoms with E-state index in [0.717, 1.165) is 10.6 Å². The number of hydrogen-bond acceptors (Lipinski definition) is 5. The summed E-state index contributed by atoms with van der Waals surface area (Å²) >= 11 is 0. The second kappa shape index (κ2) is 7.06. The fraction of sp³-hybridized carbons (Fsp3) is 0.300. The quantitative estimate of drug-likeness (QED) is 0.831. The zero-order chi connectivity index (χ0) is 17.7. The van der Waals surface area contributed by atoms with Gasteiger partial charge in [0.2, 0.25) is 10.0 Å². The Morgan fingerprint density at radius 1 is 1.27 bits per heavy atom. The van der Waals surface area contributed by atoms with Crippen molar-refractivity contribution in [1.82, 2.24) is 4.98 Å². The van der Waals surface area contributed by atoms with Gasteiger partial charge in [-0.3, -0.25) is 9.29 Å². The Bertz CT molecular complexity index is 659. The maximum atomic E-state index is 11.2. The third-order valence-corrected chi connectivity index (χ3v) is 3.30. The molecule has 0 spiro atoms. The minimum Gasteiger partial charge on any atom is -0.478 e. The number of sulfonamides is 1. The van der Waals surface area contributed by atoms with Crippen LogP contribution in [0, 0.1) is 0 Å². The Hall–Kier alpha value is -2.37. The van der Waals surface area contributed by atoms with Gasteiger partial charge >= 0.3 is 18.1 Å². The molecule has 0 saturated heterocycles. The first-order valence-electron chi connectivity index (χ1n) is 5.19. The van der Waals surface area contributed by atoms with Gasteiger partial charge in [-0.2, -0.15) is 13.2 Å². The van der Waals surface area contributed by atoms with Crippen LogP contribution in [0.4, 0.5) is 18.9 Å². The number of rotatable bonds is 3. The van der Waals surface area contributed by atoms with Gasteiger partial charge < -0.3 is 10.2 Å². The number of aromatic nitrogens is 1. The molecule has 0 radical (unpaired) electrons. The van der Waals surface area contributed by atoms with E-state index in [-0.39, 0.29) is 11.3 Å². The highest BCUT2D eigenvalue weighted by molar-refractivity contribution is 7.92. The molecule has 0 fully saturated rings. The van der Waals surface area contributed by atoms with Crippen LogP contribution in [-0.2, 0) is 14.8 Å². The molecule has 124 valence electrons. The van der Waals surface area contributed by atoms with Crippen molar-refractivity contribution in [3.63, 3.8) is 0 Å². The number of carboxylic acid groups (broad SMARTS) is 2. The molecular weight excluding hydrogens is 333 g/mol. The molecule has 1 aromatic heterocycles. The number of pyridine rings is 1. The van der Waals surface area contributed by atoms with Crippen LogP contribution in [0.15, 0.2) is 18.5 Å². The van der Waals surface area contributed by atoms with Crippen molar-refractivity contribution >= 4 is 27.6 Å². The molecule has 0 unspecified atom stereocenters. The number of aliphatic carboxylic acids is 1. The predicted molar refractivity (Wildman–Crippen MR) is 68.1 cm³/mol. The third kappa shape index (κ3) is 5.95. The summed E-state index contributed by atoms with van der Waals surface area (Å²) < 4.78 is 55.0. The summed E-state index contributed by atoms with van der Waals surface area (Å²) in [5.41, 5.74) is -0.0505. The molecule has 1 rings (SSSR count). The predicted octanol–water partition coefficient (Wildman–Crippen LogP) is 0.809. The standard InChI is InChI=1S/C8H10N2O4S.C2HF3O2/c1-10(15(2,13)14)7-5-9-4-3-6(7)8(11)12;3-2(4,5)1(6)7/h3-5H,1-2H3,(H,11,12);(H,6,7). The number of alkyl halides is 3. The zero-order valence-corrected chi connectivity index (χ0v) is 12.0. The molecule has 0 amide bonds. The van der Waals surface area contributed by atoms with Gasteiger partial charge in [-0.25, -0.2) is 18.0 Å². The zero-order valence-electron chi connectivity index (χ0n) is 11.2. The molecule has 12 heteroatoms. The SMILES string of the molecule is CN(c1cnccc1C(=O)O)S(C)(=O)=O.O=C(O)C(F)(F)F. The lowest BCUT2D eigenvalue weighted by atomic mass is 10.2. The summed E-state index contributed by atoms with van der Waals surface area (Å²) in [6, 6.07) is 1.25. The van der Waals surface area contributed by atoms with Gasteiger partial charge in [0.1, 0.15) is 0 Å². The van der Waals surface area contributed by atoms with E-state index in [0.29, 0.717) is 0 Å². The fourth-order valence-corrected chi connectivity index (χ4v) is 1.50. The van der Waals surface area contributed by atoms with Crippen LogP contribution >= 0.6 is 0 Å². The number of carboxylic acids is 2. The third-order valence-electron chi connectivity index (χ3n) is 2.11. The van der Waals surface area contributed by atoms with E-state index in [1.807, 2.05) is 0 Å². The van der Waals surface area contributed by atoms with Gasteiger partial charge in [0.25, 0.3) is 0 Å². The summed E-state index contributed by atoms with van der Waals surface area (Å²) in [7, 11) is -2.21. The minimum atomic E-state index is -5.08. The summed E-state index contributed by atoms with van der Waals surface area (Å²) in [6.45, 7) is 0. The second-order valence-electron chi connectivity index (χ2n) is 3.73. The van der Waals surface area contributed by atoms with Gasteiger partial charge in [-0.05, 0) is 6.07 Å². The lowest BCUT2D eigenvalue weighted by Gasteiger charge is -2.17. The molecule has 0 aliphatic heterocycles. The first-order valence-corrected chi connectivity index (χ1v) is 7.04. The molecule has 22 heavy (non-hydrogen) atoms. The molecule has 0 aromatic carbocycles. The monoisotopic (exact) mass is 344 g/mol. The van der Waals surface area contributed by atoms with Crippen LogP contribution in [-0.4, -0.2) is 55.0 Å².